The Morgan fingerprint density at radius 3 is 2.21 bits per heavy atom. The van der Waals surface area contributed by atoms with E-state index >= 15 is 0 Å². The van der Waals surface area contributed by atoms with Gasteiger partial charge in [0.05, 0.1) is 5.69 Å². The molecule has 8 nitrogen and oxygen atoms in total. The fourth-order valence-corrected chi connectivity index (χ4v) is 4.42. The lowest BCUT2D eigenvalue weighted by Gasteiger charge is -2.33. The first-order valence-electron chi connectivity index (χ1n) is 11.4. The zero-order valence-electron chi connectivity index (χ0n) is 20.9. The van der Waals surface area contributed by atoms with Gasteiger partial charge in [0.15, 0.2) is 0 Å². The number of nitrogens with zero attached hydrogens (tertiary/aromatic N) is 3. The largest absolute Gasteiger partial charge is 0.352 e. The molecular weight excluding hydrogens is 452 g/mol. The van der Waals surface area contributed by atoms with Crippen molar-refractivity contribution < 1.29 is 18.0 Å². The molecule has 0 aromatic heterocycles. The third-order valence-corrected chi connectivity index (χ3v) is 7.49. The molecular formula is C25H36N4O4S. The van der Waals surface area contributed by atoms with E-state index in [4.69, 9.17) is 0 Å². The molecule has 2 atom stereocenters. The number of carbonyl (C=O) groups excluding carboxylic acids is 2. The van der Waals surface area contributed by atoms with Crippen molar-refractivity contribution in [3.63, 3.8) is 0 Å². The Balaban J connectivity index is 2.42. The van der Waals surface area contributed by atoms with Crippen molar-refractivity contribution in [3.8, 4) is 0 Å². The highest BCUT2D eigenvalue weighted by molar-refractivity contribution is 7.90. The number of rotatable bonds is 11. The number of carbonyl (C=O) groups is 2. The molecule has 0 radical (unpaired) electrons. The van der Waals surface area contributed by atoms with Crippen LogP contribution in [0, 0.1) is 6.92 Å². The van der Waals surface area contributed by atoms with Crippen LogP contribution >= 0.6 is 0 Å². The Bertz CT molecular complexity index is 1070. The van der Waals surface area contributed by atoms with Gasteiger partial charge in [-0.25, -0.2) is 4.31 Å². The van der Waals surface area contributed by atoms with Crippen LogP contribution in [-0.4, -0.2) is 62.2 Å². The molecule has 0 bridgehead atoms. The molecule has 0 heterocycles. The Hall–Kier alpha value is -2.91. The predicted octanol–water partition coefficient (Wildman–Crippen LogP) is 2.94. The van der Waals surface area contributed by atoms with E-state index in [1.54, 1.807) is 37.3 Å². The van der Waals surface area contributed by atoms with E-state index in [-0.39, 0.29) is 18.5 Å². The number of hydrogen-bond acceptors (Lipinski definition) is 4. The number of anilines is 1. The van der Waals surface area contributed by atoms with Crippen molar-refractivity contribution in [2.45, 2.75) is 52.7 Å². The summed E-state index contributed by atoms with van der Waals surface area (Å²) < 4.78 is 28.3. The lowest BCUT2D eigenvalue weighted by atomic mass is 10.1. The molecule has 0 aliphatic rings. The molecule has 0 aliphatic heterocycles. The van der Waals surface area contributed by atoms with E-state index < -0.39 is 28.7 Å². The van der Waals surface area contributed by atoms with Crippen LogP contribution < -0.4 is 9.62 Å². The SMILES string of the molecule is CCC(C)NC(=O)C(C)N(Cc1cccc(C)c1)C(=O)CN(c1ccccc1)S(=O)(=O)N(C)C. The van der Waals surface area contributed by atoms with Crippen molar-refractivity contribution in [3.05, 3.63) is 65.7 Å². The molecule has 2 amide bonds. The minimum atomic E-state index is -3.95. The van der Waals surface area contributed by atoms with E-state index in [2.05, 4.69) is 5.32 Å². The number of amides is 2. The molecule has 0 aliphatic carbocycles. The van der Waals surface area contributed by atoms with Crippen molar-refractivity contribution in [1.82, 2.24) is 14.5 Å². The van der Waals surface area contributed by atoms with Crippen LogP contribution in [0.25, 0.3) is 0 Å². The van der Waals surface area contributed by atoms with Gasteiger partial charge in [0.2, 0.25) is 11.8 Å². The summed E-state index contributed by atoms with van der Waals surface area (Å²) >= 11 is 0. The first-order chi connectivity index (χ1) is 16.0. The topological polar surface area (TPSA) is 90.0 Å². The molecule has 0 saturated carbocycles. The summed E-state index contributed by atoms with van der Waals surface area (Å²) in [6.07, 6.45) is 0.757. The van der Waals surface area contributed by atoms with Gasteiger partial charge in [0.25, 0.3) is 0 Å². The highest BCUT2D eigenvalue weighted by Crippen LogP contribution is 2.20. The second-order valence-electron chi connectivity index (χ2n) is 8.64. The van der Waals surface area contributed by atoms with Crippen molar-refractivity contribution in [1.29, 1.82) is 0 Å². The normalized spacial score (nSPS) is 13.3. The summed E-state index contributed by atoms with van der Waals surface area (Å²) in [5.74, 6) is -0.750. The Morgan fingerprint density at radius 1 is 1.00 bits per heavy atom. The number of nitrogens with one attached hydrogen (secondary N) is 1. The van der Waals surface area contributed by atoms with Gasteiger partial charge >= 0.3 is 10.2 Å². The van der Waals surface area contributed by atoms with E-state index in [1.165, 1.54) is 19.0 Å². The summed E-state index contributed by atoms with van der Waals surface area (Å²) in [6, 6.07) is 15.3. The molecule has 1 N–H and O–H groups in total. The van der Waals surface area contributed by atoms with E-state index in [0.29, 0.717) is 5.69 Å². The average molecular weight is 489 g/mol. The van der Waals surface area contributed by atoms with Crippen LogP contribution in [0.5, 0.6) is 0 Å². The minimum Gasteiger partial charge on any atom is -0.352 e. The number of benzene rings is 2. The summed E-state index contributed by atoms with van der Waals surface area (Å²) in [4.78, 5) is 28.0. The average Bonchev–Trinajstić information content (AvgIpc) is 2.80. The van der Waals surface area contributed by atoms with E-state index in [1.807, 2.05) is 45.0 Å². The lowest BCUT2D eigenvalue weighted by molar-refractivity contribution is -0.139. The fourth-order valence-electron chi connectivity index (χ4n) is 3.37. The second kappa shape index (κ2) is 12.0. The Labute approximate surface area is 203 Å². The van der Waals surface area contributed by atoms with Gasteiger partial charge in [-0.15, -0.1) is 0 Å². The summed E-state index contributed by atoms with van der Waals surface area (Å²) in [5, 5.41) is 2.92. The molecule has 2 aromatic rings. The zero-order valence-corrected chi connectivity index (χ0v) is 21.7. The molecule has 186 valence electrons. The van der Waals surface area contributed by atoms with Gasteiger partial charge in [-0.2, -0.15) is 12.7 Å². The number of para-hydroxylation sites is 1. The molecule has 2 aromatic carbocycles. The maximum Gasteiger partial charge on any atom is 0.304 e. The fraction of sp³-hybridized carbons (Fsp3) is 0.440. The molecule has 0 spiro atoms. The Kier molecular flexibility index (Phi) is 9.64. The molecule has 0 saturated heterocycles. The molecule has 2 rings (SSSR count). The predicted molar refractivity (Wildman–Crippen MR) is 135 cm³/mol. The van der Waals surface area contributed by atoms with E-state index in [9.17, 15) is 18.0 Å². The van der Waals surface area contributed by atoms with Crippen LogP contribution in [0.2, 0.25) is 0 Å². The van der Waals surface area contributed by atoms with Gasteiger partial charge in [-0.3, -0.25) is 9.59 Å². The lowest BCUT2D eigenvalue weighted by Crippen LogP contribution is -2.53. The first-order valence-corrected chi connectivity index (χ1v) is 12.8. The second-order valence-corrected chi connectivity index (χ2v) is 10.7. The van der Waals surface area contributed by atoms with Gasteiger partial charge in [0, 0.05) is 26.7 Å². The number of aryl methyl sites for hydroxylation is 1. The highest BCUT2D eigenvalue weighted by atomic mass is 32.2. The van der Waals surface area contributed by atoms with Crippen molar-refractivity contribution in [2.75, 3.05) is 24.9 Å². The van der Waals surface area contributed by atoms with Gasteiger partial charge in [-0.05, 0) is 44.9 Å². The quantitative estimate of drug-likeness (QED) is 0.527. The third kappa shape index (κ3) is 7.04. The zero-order chi connectivity index (χ0) is 25.5. The van der Waals surface area contributed by atoms with Crippen molar-refractivity contribution in [2.24, 2.45) is 0 Å². The van der Waals surface area contributed by atoms with Gasteiger partial charge in [-0.1, -0.05) is 55.0 Å². The van der Waals surface area contributed by atoms with Crippen LogP contribution in [0.15, 0.2) is 54.6 Å². The van der Waals surface area contributed by atoms with Crippen LogP contribution in [0.3, 0.4) is 0 Å². The molecule has 34 heavy (non-hydrogen) atoms. The van der Waals surface area contributed by atoms with Crippen LogP contribution in [-0.2, 0) is 26.3 Å². The molecule has 9 heteroatoms. The maximum atomic E-state index is 13.6. The smallest absolute Gasteiger partial charge is 0.304 e. The minimum absolute atomic E-state index is 0.0409. The van der Waals surface area contributed by atoms with E-state index in [0.717, 1.165) is 26.2 Å². The summed E-state index contributed by atoms with van der Waals surface area (Å²) in [6.45, 7) is 7.24. The summed E-state index contributed by atoms with van der Waals surface area (Å²) in [7, 11) is -1.11. The standard InChI is InChI=1S/C25H36N4O4S/c1-7-20(3)26-25(31)21(4)28(17-22-13-11-12-19(2)16-22)24(30)18-29(34(32,33)27(5)6)23-14-9-8-10-15-23/h8-16,20-21H,7,17-18H2,1-6H3,(H,26,31). The maximum absolute atomic E-state index is 13.6. The number of hydrogen-bond donors (Lipinski definition) is 1. The molecule has 2 unspecified atom stereocenters. The van der Waals surface area contributed by atoms with Gasteiger partial charge in [0.1, 0.15) is 12.6 Å². The van der Waals surface area contributed by atoms with Crippen LogP contribution in [0.4, 0.5) is 5.69 Å². The highest BCUT2D eigenvalue weighted by Gasteiger charge is 2.32. The third-order valence-electron chi connectivity index (χ3n) is 5.67. The van der Waals surface area contributed by atoms with Crippen molar-refractivity contribution >= 4 is 27.7 Å². The Morgan fingerprint density at radius 2 is 1.65 bits per heavy atom. The molecule has 0 fully saturated rings. The monoisotopic (exact) mass is 488 g/mol. The van der Waals surface area contributed by atoms with Crippen LogP contribution in [0.1, 0.15) is 38.3 Å². The summed E-state index contributed by atoms with van der Waals surface area (Å²) in [5.41, 5.74) is 2.26. The first kappa shape index (κ1) is 27.3. The van der Waals surface area contributed by atoms with Gasteiger partial charge < -0.3 is 10.2 Å².